The van der Waals surface area contributed by atoms with Gasteiger partial charge in [0.1, 0.15) is 19.0 Å². The monoisotopic (exact) mass is 376 g/mol. The molecule has 0 radical (unpaired) electrons. The van der Waals surface area contributed by atoms with E-state index in [1.165, 1.54) is 40.6 Å². The summed E-state index contributed by atoms with van der Waals surface area (Å²) < 4.78 is 9.84. The number of rotatable bonds is 10. The largest absolute Gasteiger partial charge is 0.513 e. The second-order valence-corrected chi connectivity index (χ2v) is 6.81. The summed E-state index contributed by atoms with van der Waals surface area (Å²) in [5.74, 6) is 1.08. The summed E-state index contributed by atoms with van der Waals surface area (Å²) in [6.07, 6.45) is -0.829. The molecule has 0 fully saturated rings. The molecule has 1 aromatic rings. The highest BCUT2D eigenvalue weighted by Crippen LogP contribution is 2.20. The molecule has 0 aliphatic rings. The van der Waals surface area contributed by atoms with Crippen molar-refractivity contribution in [1.82, 2.24) is 0 Å². The minimum Gasteiger partial charge on any atom is -0.433 e. The second-order valence-electron chi connectivity index (χ2n) is 4.11. The van der Waals surface area contributed by atoms with Gasteiger partial charge in [0.25, 0.3) is 5.09 Å². The van der Waals surface area contributed by atoms with Crippen molar-refractivity contribution < 1.29 is 29.0 Å². The van der Waals surface area contributed by atoms with Crippen molar-refractivity contribution in [2.45, 2.75) is 6.92 Å². The van der Waals surface area contributed by atoms with Gasteiger partial charge >= 0.3 is 6.16 Å². The van der Waals surface area contributed by atoms with Crippen LogP contribution < -0.4 is 10.1 Å². The number of carbonyl (C=O) groups is 2. The van der Waals surface area contributed by atoms with Crippen LogP contribution in [-0.4, -0.2) is 41.9 Å². The molecule has 0 heterocycles. The van der Waals surface area contributed by atoms with Crippen LogP contribution in [0.2, 0.25) is 0 Å². The van der Waals surface area contributed by atoms with Gasteiger partial charge in [-0.25, -0.2) is 4.79 Å². The number of hydrogen-bond acceptors (Lipinski definition) is 9. The predicted octanol–water partition coefficient (Wildman–Crippen LogP) is 2.75. The Morgan fingerprint density at radius 3 is 2.38 bits per heavy atom. The quantitative estimate of drug-likeness (QED) is 0.164. The summed E-state index contributed by atoms with van der Waals surface area (Å²) in [6.45, 7) is 1.56. The second kappa shape index (κ2) is 11.4. The SMILES string of the molecule is CC(=O)Nc1ccc(OC(=O)OCCSSCCO[N+](=O)[O-])cc1. The van der Waals surface area contributed by atoms with Gasteiger partial charge < -0.3 is 19.6 Å². The smallest absolute Gasteiger partial charge is 0.433 e. The van der Waals surface area contributed by atoms with Gasteiger partial charge in [-0.1, -0.05) is 21.6 Å². The standard InChI is InChI=1S/C13H16N2O7S2/c1-10(16)14-11-2-4-12(5-3-11)22-13(17)20-6-8-23-24-9-7-21-15(18)19/h2-5H,6-9H2,1H3,(H,14,16). The Labute approximate surface area is 145 Å². The average molecular weight is 376 g/mol. The number of amides is 1. The summed E-state index contributed by atoms with van der Waals surface area (Å²) in [5.41, 5.74) is 0.595. The van der Waals surface area contributed by atoms with Crippen molar-refractivity contribution in [3.8, 4) is 5.75 Å². The number of hydrogen-bond donors (Lipinski definition) is 1. The first-order valence-electron chi connectivity index (χ1n) is 6.71. The fraction of sp³-hybridized carbons (Fsp3) is 0.385. The molecule has 24 heavy (non-hydrogen) atoms. The normalized spacial score (nSPS) is 9.88. The molecule has 0 saturated heterocycles. The number of nitrogens with zero attached hydrogens (tertiary/aromatic N) is 1. The van der Waals surface area contributed by atoms with Crippen molar-refractivity contribution >= 4 is 39.3 Å². The van der Waals surface area contributed by atoms with Crippen molar-refractivity contribution in [3.63, 3.8) is 0 Å². The third-order valence-corrected chi connectivity index (χ3v) is 4.54. The van der Waals surface area contributed by atoms with Gasteiger partial charge in [0.15, 0.2) is 0 Å². The first-order valence-corrected chi connectivity index (χ1v) is 9.20. The maximum Gasteiger partial charge on any atom is 0.513 e. The first kappa shape index (κ1) is 19.9. The van der Waals surface area contributed by atoms with E-state index < -0.39 is 11.2 Å². The minimum atomic E-state index is -0.840. The van der Waals surface area contributed by atoms with Crippen LogP contribution in [-0.2, 0) is 14.4 Å². The lowest BCUT2D eigenvalue weighted by atomic mass is 10.3. The van der Waals surface area contributed by atoms with Crippen LogP contribution in [0.25, 0.3) is 0 Å². The molecule has 0 bridgehead atoms. The number of ether oxygens (including phenoxy) is 2. The van der Waals surface area contributed by atoms with Gasteiger partial charge in [-0.15, -0.1) is 10.1 Å². The van der Waals surface area contributed by atoms with Gasteiger partial charge in [0.05, 0.1) is 0 Å². The Balaban J connectivity index is 2.11. The summed E-state index contributed by atoms with van der Waals surface area (Å²) in [5, 5.41) is 11.7. The van der Waals surface area contributed by atoms with Crippen molar-refractivity contribution in [1.29, 1.82) is 0 Å². The molecular weight excluding hydrogens is 360 g/mol. The Hall–Kier alpha value is -2.14. The summed E-state index contributed by atoms with van der Waals surface area (Å²) in [7, 11) is 2.78. The molecule has 0 aliphatic heterocycles. The number of carbonyl (C=O) groups excluding carboxylic acids is 2. The highest BCUT2D eigenvalue weighted by molar-refractivity contribution is 8.76. The Kier molecular flexibility index (Phi) is 9.46. The Morgan fingerprint density at radius 2 is 1.79 bits per heavy atom. The van der Waals surface area contributed by atoms with Gasteiger partial charge in [-0.2, -0.15) is 0 Å². The zero-order valence-corrected chi connectivity index (χ0v) is 14.4. The van der Waals surface area contributed by atoms with Gasteiger partial charge in [-0.3, -0.25) is 4.79 Å². The fourth-order valence-electron chi connectivity index (χ4n) is 1.36. The van der Waals surface area contributed by atoms with Gasteiger partial charge in [0.2, 0.25) is 5.91 Å². The van der Waals surface area contributed by atoms with E-state index in [2.05, 4.69) is 10.2 Å². The molecule has 1 aromatic carbocycles. The maximum atomic E-state index is 11.5. The third-order valence-electron chi connectivity index (χ3n) is 2.21. The van der Waals surface area contributed by atoms with Crippen LogP contribution in [0.4, 0.5) is 10.5 Å². The van der Waals surface area contributed by atoms with E-state index in [0.717, 1.165) is 0 Å². The summed E-state index contributed by atoms with van der Waals surface area (Å²) >= 11 is 0. The zero-order valence-electron chi connectivity index (χ0n) is 12.8. The summed E-state index contributed by atoms with van der Waals surface area (Å²) in [6, 6.07) is 6.27. The molecule has 0 unspecified atom stereocenters. The lowest BCUT2D eigenvalue weighted by molar-refractivity contribution is -0.756. The number of anilines is 1. The van der Waals surface area contributed by atoms with Gasteiger partial charge in [0, 0.05) is 24.1 Å². The molecule has 0 aliphatic carbocycles. The lowest BCUT2D eigenvalue weighted by Crippen LogP contribution is -2.12. The van der Waals surface area contributed by atoms with E-state index in [0.29, 0.717) is 22.9 Å². The highest BCUT2D eigenvalue weighted by atomic mass is 33.1. The molecule has 0 spiro atoms. The van der Waals surface area contributed by atoms with Crippen LogP contribution in [0.1, 0.15) is 6.92 Å². The van der Waals surface area contributed by atoms with Crippen molar-refractivity contribution in [3.05, 3.63) is 34.4 Å². The fourth-order valence-corrected chi connectivity index (χ4v) is 3.00. The van der Waals surface area contributed by atoms with Gasteiger partial charge in [-0.05, 0) is 24.3 Å². The minimum absolute atomic E-state index is 0.0159. The molecule has 1 N–H and O–H groups in total. The molecule has 9 nitrogen and oxygen atoms in total. The molecule has 1 rings (SSSR count). The Bertz CT molecular complexity index is 554. The molecule has 11 heteroatoms. The third kappa shape index (κ3) is 9.79. The Morgan fingerprint density at radius 1 is 1.17 bits per heavy atom. The molecule has 1 amide bonds. The first-order chi connectivity index (χ1) is 11.5. The van der Waals surface area contributed by atoms with Crippen molar-refractivity contribution in [2.75, 3.05) is 30.0 Å². The van der Waals surface area contributed by atoms with E-state index in [1.54, 1.807) is 12.1 Å². The predicted molar refractivity (Wildman–Crippen MR) is 90.6 cm³/mol. The molecule has 0 saturated carbocycles. The zero-order chi connectivity index (χ0) is 17.8. The average Bonchev–Trinajstić information content (AvgIpc) is 2.51. The van der Waals surface area contributed by atoms with E-state index in [9.17, 15) is 19.7 Å². The van der Waals surface area contributed by atoms with Crippen LogP contribution >= 0.6 is 21.6 Å². The lowest BCUT2D eigenvalue weighted by Gasteiger charge is -2.07. The van der Waals surface area contributed by atoms with Crippen LogP contribution in [0.15, 0.2) is 24.3 Å². The molecular formula is C13H16N2O7S2. The number of nitrogens with one attached hydrogen (secondary N) is 1. The van der Waals surface area contributed by atoms with E-state index >= 15 is 0 Å². The topological polar surface area (TPSA) is 117 Å². The van der Waals surface area contributed by atoms with Crippen LogP contribution in [0.5, 0.6) is 5.75 Å². The van der Waals surface area contributed by atoms with E-state index in [1.807, 2.05) is 0 Å². The van der Waals surface area contributed by atoms with E-state index in [-0.39, 0.29) is 19.1 Å². The number of benzene rings is 1. The maximum absolute atomic E-state index is 11.5. The highest BCUT2D eigenvalue weighted by Gasteiger charge is 2.06. The van der Waals surface area contributed by atoms with Crippen LogP contribution in [0, 0.1) is 10.1 Å². The molecule has 0 atom stereocenters. The molecule has 0 aromatic heterocycles. The van der Waals surface area contributed by atoms with Crippen LogP contribution in [0.3, 0.4) is 0 Å². The van der Waals surface area contributed by atoms with Crippen molar-refractivity contribution in [2.24, 2.45) is 0 Å². The summed E-state index contributed by atoms with van der Waals surface area (Å²) in [4.78, 5) is 36.4. The molecule has 132 valence electrons. The van der Waals surface area contributed by atoms with E-state index in [4.69, 9.17) is 9.47 Å².